The van der Waals surface area contributed by atoms with E-state index in [4.69, 9.17) is 14.2 Å². The van der Waals surface area contributed by atoms with Gasteiger partial charge in [0.1, 0.15) is 35.1 Å². The van der Waals surface area contributed by atoms with Crippen LogP contribution < -0.4 is 4.74 Å². The third-order valence-corrected chi connectivity index (χ3v) is 8.66. The third-order valence-electron chi connectivity index (χ3n) is 8.66. The van der Waals surface area contributed by atoms with Crippen molar-refractivity contribution in [1.29, 1.82) is 0 Å². The molecule has 2 aromatic carbocycles. The summed E-state index contributed by atoms with van der Waals surface area (Å²) in [4.78, 5) is 29.5. The molecule has 11 nitrogen and oxygen atoms in total. The van der Waals surface area contributed by atoms with Gasteiger partial charge in [0, 0.05) is 36.6 Å². The van der Waals surface area contributed by atoms with Crippen molar-refractivity contribution in [1.82, 2.24) is 4.90 Å². The molecular formula is C28H31NO10. The number of phenols is 2. The summed E-state index contributed by atoms with van der Waals surface area (Å²) in [6.07, 6.45) is -4.29. The Hall–Kier alpha value is -3.06. The second-order valence-corrected chi connectivity index (χ2v) is 11.6. The number of hydrogen-bond donors (Lipinski definition) is 5. The Morgan fingerprint density at radius 2 is 1.74 bits per heavy atom. The number of ether oxygens (including phenoxy) is 3. The van der Waals surface area contributed by atoms with Crippen LogP contribution in [0.5, 0.6) is 17.2 Å². The second kappa shape index (κ2) is 8.23. The van der Waals surface area contributed by atoms with Gasteiger partial charge in [0.15, 0.2) is 5.78 Å². The van der Waals surface area contributed by atoms with E-state index >= 15 is 0 Å². The molecule has 0 saturated carbocycles. The zero-order valence-electron chi connectivity index (χ0n) is 22.2. The number of benzene rings is 2. The zero-order valence-corrected chi connectivity index (χ0v) is 22.2. The van der Waals surface area contributed by atoms with E-state index in [1.54, 1.807) is 32.8 Å². The molecule has 6 rings (SSSR count). The molecule has 2 aliphatic carbocycles. The Morgan fingerprint density at radius 3 is 2.38 bits per heavy atom. The largest absolute Gasteiger partial charge is 0.507 e. The van der Waals surface area contributed by atoms with Gasteiger partial charge in [-0.3, -0.25) is 9.59 Å². The Balaban J connectivity index is 1.58. The van der Waals surface area contributed by atoms with Crippen LogP contribution in [0.25, 0.3) is 0 Å². The molecule has 0 spiro atoms. The van der Waals surface area contributed by atoms with Crippen molar-refractivity contribution < 1.29 is 49.3 Å². The average Bonchev–Trinajstić information content (AvgIpc) is 2.84. The zero-order chi connectivity index (χ0) is 28.3. The standard InChI is InChI=1S/C28H31NO10/c1-27(36)8-10-6-11-16(21(32)15(10)14(9-27)37-5)22(33)17-13(30)7-12-24(18(17)20(11)31)38-26-23(34)19(29(3)4)25(35)28(12,2)39-26/h6-7,14,19,23,25-26,30,32,34-36H,8-9H2,1-5H3/t14-,19+,23-,25+,26+,27-,28-/m1/s1. The van der Waals surface area contributed by atoms with Crippen LogP contribution >= 0.6 is 0 Å². The van der Waals surface area contributed by atoms with Crippen molar-refractivity contribution in [3.05, 3.63) is 51.1 Å². The molecule has 0 radical (unpaired) electrons. The van der Waals surface area contributed by atoms with Crippen molar-refractivity contribution in [2.45, 2.75) is 68.5 Å². The maximum Gasteiger partial charge on any atom is 0.228 e. The minimum Gasteiger partial charge on any atom is -0.507 e. The summed E-state index contributed by atoms with van der Waals surface area (Å²) in [6.45, 7) is 3.19. The Kier molecular flexibility index (Phi) is 5.52. The quantitative estimate of drug-likeness (QED) is 0.312. The molecule has 2 bridgehead atoms. The van der Waals surface area contributed by atoms with Gasteiger partial charge in [0.2, 0.25) is 12.1 Å². The van der Waals surface area contributed by atoms with Gasteiger partial charge < -0.3 is 44.6 Å². The van der Waals surface area contributed by atoms with Crippen molar-refractivity contribution >= 4 is 11.6 Å². The first-order chi connectivity index (χ1) is 18.2. The monoisotopic (exact) mass is 541 g/mol. The van der Waals surface area contributed by atoms with E-state index in [0.717, 1.165) is 0 Å². The van der Waals surface area contributed by atoms with Gasteiger partial charge in [-0.15, -0.1) is 0 Å². The molecule has 1 fully saturated rings. The molecule has 0 amide bonds. The van der Waals surface area contributed by atoms with Crippen molar-refractivity contribution in [3.8, 4) is 17.2 Å². The maximum absolute atomic E-state index is 14.1. The average molecular weight is 542 g/mol. The molecular weight excluding hydrogens is 510 g/mol. The number of ketones is 2. The molecule has 11 heteroatoms. The van der Waals surface area contributed by atoms with Crippen LogP contribution in [-0.4, -0.2) is 93.3 Å². The lowest BCUT2D eigenvalue weighted by Crippen LogP contribution is -2.68. The van der Waals surface area contributed by atoms with Crippen LogP contribution in [0.3, 0.4) is 0 Å². The lowest BCUT2D eigenvalue weighted by atomic mass is 9.72. The molecule has 1 saturated heterocycles. The number of carbonyl (C=O) groups is 2. The molecule has 39 heavy (non-hydrogen) atoms. The number of fused-ring (bicyclic) bond motifs is 8. The third kappa shape index (κ3) is 3.38. The molecule has 2 heterocycles. The summed E-state index contributed by atoms with van der Waals surface area (Å²) in [5, 5.41) is 55.4. The highest BCUT2D eigenvalue weighted by atomic mass is 16.7. The van der Waals surface area contributed by atoms with Crippen molar-refractivity contribution in [3.63, 3.8) is 0 Å². The molecule has 0 aromatic heterocycles. The first-order valence-corrected chi connectivity index (χ1v) is 12.7. The number of aromatic hydroxyl groups is 2. The number of aliphatic hydroxyl groups is 3. The van der Waals surface area contributed by atoms with Gasteiger partial charge in [-0.25, -0.2) is 0 Å². The van der Waals surface area contributed by atoms with Gasteiger partial charge in [0.05, 0.1) is 34.4 Å². The highest BCUT2D eigenvalue weighted by molar-refractivity contribution is 6.31. The molecule has 0 unspecified atom stereocenters. The SMILES string of the molecule is CO[C@@H]1C[C@](C)(O)Cc2cc3c(c(O)c21)C(=O)c1c(O)cc2c(c1C3=O)O[C@H]1O[C@@]2(C)[C@@H](O)[C@@H](N(C)C)[C@H]1O. The van der Waals surface area contributed by atoms with E-state index in [2.05, 4.69) is 0 Å². The first kappa shape index (κ1) is 26.2. The van der Waals surface area contributed by atoms with Crippen LogP contribution in [-0.2, 0) is 21.5 Å². The van der Waals surface area contributed by atoms with E-state index in [1.165, 1.54) is 19.2 Å². The lowest BCUT2D eigenvalue weighted by molar-refractivity contribution is -0.311. The predicted octanol–water partition coefficient (Wildman–Crippen LogP) is 0.874. The summed E-state index contributed by atoms with van der Waals surface area (Å²) in [7, 11) is 4.80. The molecule has 5 N–H and O–H groups in total. The van der Waals surface area contributed by atoms with Crippen LogP contribution in [0.4, 0.5) is 0 Å². The molecule has 208 valence electrons. The first-order valence-electron chi connectivity index (χ1n) is 12.7. The maximum atomic E-state index is 14.1. The summed E-state index contributed by atoms with van der Waals surface area (Å²) < 4.78 is 17.4. The van der Waals surface area contributed by atoms with Crippen molar-refractivity contribution in [2.24, 2.45) is 0 Å². The van der Waals surface area contributed by atoms with Crippen LogP contribution in [0.15, 0.2) is 12.1 Å². The number of nitrogens with zero attached hydrogens (tertiary/aromatic N) is 1. The highest BCUT2D eigenvalue weighted by Gasteiger charge is 2.59. The smallest absolute Gasteiger partial charge is 0.228 e. The fraction of sp³-hybridized carbons (Fsp3) is 0.500. The van der Waals surface area contributed by atoms with E-state index in [1.807, 2.05) is 0 Å². The summed E-state index contributed by atoms with van der Waals surface area (Å²) >= 11 is 0. The second-order valence-electron chi connectivity index (χ2n) is 11.6. The number of carbonyl (C=O) groups excluding carboxylic acids is 2. The number of hydrogen-bond acceptors (Lipinski definition) is 11. The van der Waals surface area contributed by atoms with Gasteiger partial charge in [0.25, 0.3) is 0 Å². The van der Waals surface area contributed by atoms with Gasteiger partial charge in [-0.05, 0) is 45.6 Å². The number of methoxy groups -OCH3 is 1. The predicted molar refractivity (Wildman–Crippen MR) is 134 cm³/mol. The topological polar surface area (TPSA) is 166 Å². The molecule has 2 aliphatic heterocycles. The van der Waals surface area contributed by atoms with E-state index in [9.17, 15) is 35.1 Å². The van der Waals surface area contributed by atoms with E-state index in [-0.39, 0.29) is 46.4 Å². The minimum atomic E-state index is -1.50. The molecule has 7 atom stereocenters. The Morgan fingerprint density at radius 1 is 1.05 bits per heavy atom. The molecule has 2 aromatic rings. The van der Waals surface area contributed by atoms with Crippen LogP contribution in [0, 0.1) is 0 Å². The Labute approximate surface area is 224 Å². The normalized spacial score (nSPS) is 34.6. The van der Waals surface area contributed by atoms with E-state index < -0.39 is 64.9 Å². The molecule has 4 aliphatic rings. The van der Waals surface area contributed by atoms with Gasteiger partial charge >= 0.3 is 0 Å². The summed E-state index contributed by atoms with van der Waals surface area (Å²) in [5.41, 5.74) is -2.71. The fourth-order valence-electron chi connectivity index (χ4n) is 6.76. The number of likely N-dealkylation sites (N-methyl/N-ethyl adjacent to an activating group) is 1. The summed E-state index contributed by atoms with van der Waals surface area (Å²) in [6, 6.07) is 1.90. The number of aliphatic hydroxyl groups excluding tert-OH is 2. The van der Waals surface area contributed by atoms with Gasteiger partial charge in [-0.2, -0.15) is 0 Å². The lowest BCUT2D eigenvalue weighted by Gasteiger charge is -2.53. The summed E-state index contributed by atoms with van der Waals surface area (Å²) in [5.74, 6) is -2.54. The number of phenolic OH excluding ortho intramolecular Hbond substituents is 2. The van der Waals surface area contributed by atoms with Crippen LogP contribution in [0.2, 0.25) is 0 Å². The fourth-order valence-corrected chi connectivity index (χ4v) is 6.76. The Bertz CT molecular complexity index is 1450. The minimum absolute atomic E-state index is 0.0835. The van der Waals surface area contributed by atoms with Crippen LogP contribution in [0.1, 0.15) is 74.9 Å². The number of rotatable bonds is 2. The van der Waals surface area contributed by atoms with Gasteiger partial charge in [-0.1, -0.05) is 0 Å². The van der Waals surface area contributed by atoms with Crippen molar-refractivity contribution in [2.75, 3.05) is 21.2 Å². The highest BCUT2D eigenvalue weighted by Crippen LogP contribution is 2.54. The van der Waals surface area contributed by atoms with E-state index in [0.29, 0.717) is 11.1 Å².